The van der Waals surface area contributed by atoms with Crippen LogP contribution >= 0.6 is 0 Å². The van der Waals surface area contributed by atoms with E-state index in [1.807, 2.05) is 49.4 Å². The lowest BCUT2D eigenvalue weighted by Gasteiger charge is -2.36. The van der Waals surface area contributed by atoms with E-state index in [1.165, 1.54) is 0 Å². The van der Waals surface area contributed by atoms with Crippen molar-refractivity contribution in [3.63, 3.8) is 0 Å². The van der Waals surface area contributed by atoms with Crippen LogP contribution in [0.1, 0.15) is 6.92 Å². The fourth-order valence-corrected chi connectivity index (χ4v) is 3.79. The van der Waals surface area contributed by atoms with Crippen molar-refractivity contribution in [3.8, 4) is 17.2 Å². The molecule has 1 fully saturated rings. The highest BCUT2D eigenvalue weighted by Gasteiger charge is 2.23. The number of ether oxygens (including phenoxy) is 3. The number of hydrogen-bond acceptors (Lipinski definition) is 6. The number of nitrogens with zero attached hydrogens (tertiary/aromatic N) is 2. The number of rotatable bonds is 7. The smallest absolute Gasteiger partial charge is 0.234 e. The zero-order chi connectivity index (χ0) is 20.8. The Kier molecular flexibility index (Phi) is 6.59. The van der Waals surface area contributed by atoms with Crippen molar-refractivity contribution in [2.24, 2.45) is 0 Å². The van der Waals surface area contributed by atoms with E-state index in [-0.39, 0.29) is 12.0 Å². The predicted molar refractivity (Wildman–Crippen MR) is 116 cm³/mol. The standard InChI is InChI=1S/C23H29N3O4/c1-2-28-20-8-4-3-7-19(20)26-13-11-25(12-14-26)16-23(27)24-15-18-17-29-21-9-5-6-10-22(21)30-18/h3-10,18H,2,11-17H2,1H3,(H,24,27)/t18-/m0/s1. The molecule has 0 aromatic heterocycles. The zero-order valence-electron chi connectivity index (χ0n) is 17.4. The molecule has 0 unspecified atom stereocenters. The Morgan fingerprint density at radius 1 is 1.07 bits per heavy atom. The van der Waals surface area contributed by atoms with E-state index in [2.05, 4.69) is 21.2 Å². The Hall–Kier alpha value is -2.93. The number of anilines is 1. The van der Waals surface area contributed by atoms with Crippen LogP contribution in [0.2, 0.25) is 0 Å². The molecule has 2 aliphatic heterocycles. The lowest BCUT2D eigenvalue weighted by molar-refractivity contribution is -0.122. The number of benzene rings is 2. The van der Waals surface area contributed by atoms with Gasteiger partial charge >= 0.3 is 0 Å². The molecular weight excluding hydrogens is 382 g/mol. The first-order valence-electron chi connectivity index (χ1n) is 10.6. The highest BCUT2D eigenvalue weighted by Crippen LogP contribution is 2.31. The number of fused-ring (bicyclic) bond motifs is 1. The molecule has 7 heteroatoms. The number of carbonyl (C=O) groups excluding carboxylic acids is 1. The highest BCUT2D eigenvalue weighted by molar-refractivity contribution is 5.78. The molecule has 0 aliphatic carbocycles. The van der Waals surface area contributed by atoms with Gasteiger partial charge in [0.25, 0.3) is 0 Å². The number of amides is 1. The minimum atomic E-state index is -0.171. The van der Waals surface area contributed by atoms with Gasteiger partial charge in [0.2, 0.25) is 5.91 Å². The Morgan fingerprint density at radius 2 is 1.80 bits per heavy atom. The van der Waals surface area contributed by atoms with Crippen LogP contribution in [0.25, 0.3) is 0 Å². The third kappa shape index (κ3) is 4.97. The molecule has 1 atom stereocenters. The van der Waals surface area contributed by atoms with Crippen LogP contribution < -0.4 is 24.4 Å². The van der Waals surface area contributed by atoms with Crippen LogP contribution in [0.5, 0.6) is 17.2 Å². The molecule has 0 spiro atoms. The van der Waals surface area contributed by atoms with Crippen molar-refractivity contribution in [1.29, 1.82) is 0 Å². The SMILES string of the molecule is CCOc1ccccc1N1CCN(CC(=O)NC[C@H]2COc3ccccc3O2)CC1. The second kappa shape index (κ2) is 9.71. The minimum absolute atomic E-state index is 0.0145. The fraction of sp³-hybridized carbons (Fsp3) is 0.435. The molecule has 0 saturated carbocycles. The van der Waals surface area contributed by atoms with Crippen molar-refractivity contribution in [1.82, 2.24) is 10.2 Å². The molecule has 1 saturated heterocycles. The van der Waals surface area contributed by atoms with Crippen LogP contribution in [-0.4, -0.2) is 69.4 Å². The number of nitrogens with one attached hydrogen (secondary N) is 1. The molecule has 160 valence electrons. The maximum atomic E-state index is 12.4. The summed E-state index contributed by atoms with van der Waals surface area (Å²) in [4.78, 5) is 16.9. The molecular formula is C23H29N3O4. The van der Waals surface area contributed by atoms with Crippen molar-refractivity contribution >= 4 is 11.6 Å². The van der Waals surface area contributed by atoms with Gasteiger partial charge < -0.3 is 24.4 Å². The summed E-state index contributed by atoms with van der Waals surface area (Å²) in [6, 6.07) is 15.7. The van der Waals surface area contributed by atoms with Gasteiger partial charge in [0.1, 0.15) is 18.5 Å². The van der Waals surface area contributed by atoms with Gasteiger partial charge in [-0.2, -0.15) is 0 Å². The van der Waals surface area contributed by atoms with Gasteiger partial charge in [-0.25, -0.2) is 0 Å². The van der Waals surface area contributed by atoms with E-state index in [4.69, 9.17) is 14.2 Å². The summed E-state index contributed by atoms with van der Waals surface area (Å²) >= 11 is 0. The molecule has 4 rings (SSSR count). The average Bonchev–Trinajstić information content (AvgIpc) is 2.79. The van der Waals surface area contributed by atoms with Crippen LogP contribution in [0.15, 0.2) is 48.5 Å². The highest BCUT2D eigenvalue weighted by atomic mass is 16.6. The molecule has 0 bridgehead atoms. The average molecular weight is 412 g/mol. The molecule has 0 radical (unpaired) electrons. The monoisotopic (exact) mass is 411 g/mol. The van der Waals surface area contributed by atoms with Gasteiger partial charge in [0.05, 0.1) is 25.4 Å². The first-order valence-corrected chi connectivity index (χ1v) is 10.6. The number of para-hydroxylation sites is 4. The largest absolute Gasteiger partial charge is 0.492 e. The quantitative estimate of drug-likeness (QED) is 0.754. The van der Waals surface area contributed by atoms with Gasteiger partial charge in [0.15, 0.2) is 11.5 Å². The normalized spacial score (nSPS) is 18.7. The second-order valence-corrected chi connectivity index (χ2v) is 7.47. The van der Waals surface area contributed by atoms with Crippen LogP contribution in [0.4, 0.5) is 5.69 Å². The molecule has 2 aromatic carbocycles. The van der Waals surface area contributed by atoms with Crippen LogP contribution in [-0.2, 0) is 4.79 Å². The first kappa shape index (κ1) is 20.3. The Labute approximate surface area is 177 Å². The van der Waals surface area contributed by atoms with E-state index < -0.39 is 0 Å². The van der Waals surface area contributed by atoms with Crippen molar-refractivity contribution in [2.75, 3.05) is 57.4 Å². The lowest BCUT2D eigenvalue weighted by Crippen LogP contribution is -2.50. The van der Waals surface area contributed by atoms with Crippen molar-refractivity contribution in [2.45, 2.75) is 13.0 Å². The summed E-state index contributed by atoms with van der Waals surface area (Å²) in [5.41, 5.74) is 1.12. The zero-order valence-corrected chi connectivity index (χ0v) is 17.4. The predicted octanol–water partition coefficient (Wildman–Crippen LogP) is 2.16. The molecule has 30 heavy (non-hydrogen) atoms. The first-order chi connectivity index (χ1) is 14.7. The topological polar surface area (TPSA) is 63.3 Å². The van der Waals surface area contributed by atoms with E-state index in [0.717, 1.165) is 49.1 Å². The van der Waals surface area contributed by atoms with Crippen LogP contribution in [0.3, 0.4) is 0 Å². The molecule has 2 heterocycles. The summed E-state index contributed by atoms with van der Waals surface area (Å²) in [6.07, 6.45) is -0.171. The van der Waals surface area contributed by atoms with Gasteiger partial charge in [-0.1, -0.05) is 24.3 Å². The molecule has 2 aromatic rings. The second-order valence-electron chi connectivity index (χ2n) is 7.47. The van der Waals surface area contributed by atoms with Crippen LogP contribution in [0, 0.1) is 0 Å². The summed E-state index contributed by atoms with van der Waals surface area (Å²) < 4.78 is 17.3. The summed E-state index contributed by atoms with van der Waals surface area (Å²) in [6.45, 7) is 7.33. The molecule has 1 N–H and O–H groups in total. The van der Waals surface area contributed by atoms with E-state index in [9.17, 15) is 4.79 Å². The number of piperazine rings is 1. The van der Waals surface area contributed by atoms with Crippen molar-refractivity contribution < 1.29 is 19.0 Å². The van der Waals surface area contributed by atoms with Crippen molar-refractivity contribution in [3.05, 3.63) is 48.5 Å². The summed E-state index contributed by atoms with van der Waals surface area (Å²) in [5.74, 6) is 2.42. The van der Waals surface area contributed by atoms with E-state index in [1.54, 1.807) is 0 Å². The number of hydrogen-bond donors (Lipinski definition) is 1. The Morgan fingerprint density at radius 3 is 2.60 bits per heavy atom. The summed E-state index contributed by atoms with van der Waals surface area (Å²) in [5, 5.41) is 2.98. The maximum absolute atomic E-state index is 12.4. The summed E-state index contributed by atoms with van der Waals surface area (Å²) in [7, 11) is 0. The van der Waals surface area contributed by atoms with E-state index >= 15 is 0 Å². The van der Waals surface area contributed by atoms with Gasteiger partial charge in [-0.05, 0) is 31.2 Å². The van der Waals surface area contributed by atoms with Gasteiger partial charge in [-0.15, -0.1) is 0 Å². The van der Waals surface area contributed by atoms with Gasteiger partial charge in [0, 0.05) is 26.2 Å². The Balaban J connectivity index is 1.21. The third-order valence-corrected chi connectivity index (χ3v) is 5.34. The maximum Gasteiger partial charge on any atom is 0.234 e. The minimum Gasteiger partial charge on any atom is -0.492 e. The Bertz CT molecular complexity index is 852. The number of carbonyl (C=O) groups is 1. The third-order valence-electron chi connectivity index (χ3n) is 5.34. The molecule has 2 aliphatic rings. The van der Waals surface area contributed by atoms with E-state index in [0.29, 0.717) is 26.3 Å². The van der Waals surface area contributed by atoms with Gasteiger partial charge in [-0.3, -0.25) is 9.69 Å². The molecule has 1 amide bonds. The fourth-order valence-electron chi connectivity index (χ4n) is 3.79. The molecule has 7 nitrogen and oxygen atoms in total. The lowest BCUT2D eigenvalue weighted by atomic mass is 10.2.